The fourth-order valence-electron chi connectivity index (χ4n) is 2.53. The van der Waals surface area contributed by atoms with Gasteiger partial charge in [0.25, 0.3) is 10.0 Å². The highest BCUT2D eigenvalue weighted by Crippen LogP contribution is 2.29. The highest BCUT2D eigenvalue weighted by Gasteiger charge is 2.22. The standard InChI is InChI=1S/C16H16F2N2O3S/c17-12-5-6-16(13(18)11-12)24(21,22)19-14-3-1-2-4-15(14)20-7-9-23-10-8-20/h1-6,11,19H,7-10H2. The van der Waals surface area contributed by atoms with Crippen LogP contribution in [-0.4, -0.2) is 34.7 Å². The van der Waals surface area contributed by atoms with E-state index in [0.29, 0.717) is 43.7 Å². The second-order valence-electron chi connectivity index (χ2n) is 5.30. The van der Waals surface area contributed by atoms with Crippen molar-refractivity contribution in [3.63, 3.8) is 0 Å². The van der Waals surface area contributed by atoms with Crippen LogP contribution < -0.4 is 9.62 Å². The number of sulfonamides is 1. The van der Waals surface area contributed by atoms with E-state index in [9.17, 15) is 17.2 Å². The van der Waals surface area contributed by atoms with Gasteiger partial charge < -0.3 is 9.64 Å². The predicted molar refractivity (Wildman–Crippen MR) is 86.6 cm³/mol. The van der Waals surface area contributed by atoms with E-state index in [2.05, 4.69) is 4.72 Å². The van der Waals surface area contributed by atoms with Crippen LogP contribution in [0.5, 0.6) is 0 Å². The van der Waals surface area contributed by atoms with Crippen LogP contribution in [0.15, 0.2) is 47.4 Å². The first-order chi connectivity index (χ1) is 11.5. The summed E-state index contributed by atoms with van der Waals surface area (Å²) in [7, 11) is -4.17. The Labute approximate surface area is 138 Å². The first kappa shape index (κ1) is 16.7. The van der Waals surface area contributed by atoms with Crippen LogP contribution in [0.25, 0.3) is 0 Å². The van der Waals surface area contributed by atoms with E-state index < -0.39 is 26.6 Å². The van der Waals surface area contributed by atoms with Crippen molar-refractivity contribution in [3.05, 3.63) is 54.1 Å². The van der Waals surface area contributed by atoms with Gasteiger partial charge in [0.2, 0.25) is 0 Å². The number of hydrogen-bond donors (Lipinski definition) is 1. The minimum Gasteiger partial charge on any atom is -0.378 e. The van der Waals surface area contributed by atoms with E-state index in [1.54, 1.807) is 24.3 Å². The number of halogens is 2. The molecule has 1 saturated heterocycles. The minimum absolute atomic E-state index is 0.336. The molecule has 1 N–H and O–H groups in total. The van der Waals surface area contributed by atoms with E-state index in [4.69, 9.17) is 4.74 Å². The van der Waals surface area contributed by atoms with Crippen LogP contribution in [-0.2, 0) is 14.8 Å². The van der Waals surface area contributed by atoms with Crippen LogP contribution in [0.3, 0.4) is 0 Å². The summed E-state index contributed by atoms with van der Waals surface area (Å²) < 4.78 is 59.4. The van der Waals surface area contributed by atoms with Crippen molar-refractivity contribution in [1.82, 2.24) is 0 Å². The lowest BCUT2D eigenvalue weighted by molar-refractivity contribution is 0.123. The van der Waals surface area contributed by atoms with Crippen LogP contribution in [0.2, 0.25) is 0 Å². The fraction of sp³-hybridized carbons (Fsp3) is 0.250. The summed E-state index contributed by atoms with van der Waals surface area (Å²) in [6.07, 6.45) is 0. The van der Waals surface area contributed by atoms with E-state index in [1.807, 2.05) is 4.90 Å². The molecule has 2 aromatic rings. The maximum absolute atomic E-state index is 13.8. The van der Waals surface area contributed by atoms with Crippen molar-refractivity contribution in [2.24, 2.45) is 0 Å². The molecule has 0 radical (unpaired) electrons. The molecule has 24 heavy (non-hydrogen) atoms. The van der Waals surface area contributed by atoms with E-state index in [1.165, 1.54) is 0 Å². The average molecular weight is 354 g/mol. The van der Waals surface area contributed by atoms with Gasteiger partial charge in [-0.05, 0) is 24.3 Å². The van der Waals surface area contributed by atoms with Crippen LogP contribution >= 0.6 is 0 Å². The zero-order chi connectivity index (χ0) is 17.2. The molecule has 0 bridgehead atoms. The number of morpholine rings is 1. The molecule has 0 aromatic heterocycles. The molecule has 3 rings (SSSR count). The molecule has 8 heteroatoms. The van der Waals surface area contributed by atoms with Crippen molar-refractivity contribution in [2.45, 2.75) is 4.90 Å². The van der Waals surface area contributed by atoms with Gasteiger partial charge in [-0.2, -0.15) is 0 Å². The zero-order valence-electron chi connectivity index (χ0n) is 12.7. The molecule has 0 unspecified atom stereocenters. The maximum atomic E-state index is 13.8. The SMILES string of the molecule is O=S(=O)(Nc1ccccc1N1CCOCC1)c1ccc(F)cc1F. The van der Waals surface area contributed by atoms with E-state index in [-0.39, 0.29) is 0 Å². The molecule has 5 nitrogen and oxygen atoms in total. The van der Waals surface area contributed by atoms with Gasteiger partial charge in [0.05, 0.1) is 24.6 Å². The molecule has 0 atom stereocenters. The number of para-hydroxylation sites is 2. The normalized spacial score (nSPS) is 15.3. The lowest BCUT2D eigenvalue weighted by Gasteiger charge is -2.30. The largest absolute Gasteiger partial charge is 0.378 e. The first-order valence-corrected chi connectivity index (χ1v) is 8.85. The van der Waals surface area contributed by atoms with Crippen molar-refractivity contribution in [1.29, 1.82) is 0 Å². The van der Waals surface area contributed by atoms with Crippen LogP contribution in [0, 0.1) is 11.6 Å². The van der Waals surface area contributed by atoms with Gasteiger partial charge in [0, 0.05) is 19.2 Å². The van der Waals surface area contributed by atoms with Gasteiger partial charge in [-0.15, -0.1) is 0 Å². The topological polar surface area (TPSA) is 58.6 Å². The number of benzene rings is 2. The van der Waals surface area contributed by atoms with Gasteiger partial charge in [0.15, 0.2) is 0 Å². The van der Waals surface area contributed by atoms with Crippen molar-refractivity contribution in [3.8, 4) is 0 Å². The summed E-state index contributed by atoms with van der Waals surface area (Å²) in [6.45, 7) is 2.36. The third-order valence-electron chi connectivity index (χ3n) is 3.68. The Morgan fingerprint density at radius 3 is 2.46 bits per heavy atom. The molecule has 1 aliphatic heterocycles. The lowest BCUT2D eigenvalue weighted by Crippen LogP contribution is -2.36. The first-order valence-electron chi connectivity index (χ1n) is 7.37. The van der Waals surface area contributed by atoms with Crippen molar-refractivity contribution < 1.29 is 21.9 Å². The molecule has 1 heterocycles. The monoisotopic (exact) mass is 354 g/mol. The summed E-state index contributed by atoms with van der Waals surface area (Å²) in [5.41, 5.74) is 1.02. The highest BCUT2D eigenvalue weighted by molar-refractivity contribution is 7.92. The van der Waals surface area contributed by atoms with Gasteiger partial charge >= 0.3 is 0 Å². The third-order valence-corrected chi connectivity index (χ3v) is 5.08. The highest BCUT2D eigenvalue weighted by atomic mass is 32.2. The molecule has 1 fully saturated rings. The Bertz CT molecular complexity index is 837. The second kappa shape index (κ2) is 6.74. The molecule has 1 aliphatic rings. The Balaban J connectivity index is 1.93. The van der Waals surface area contributed by atoms with Gasteiger partial charge in [-0.25, -0.2) is 17.2 Å². The zero-order valence-corrected chi connectivity index (χ0v) is 13.5. The molecule has 128 valence electrons. The Morgan fingerprint density at radius 1 is 1.04 bits per heavy atom. The Hall–Kier alpha value is -2.19. The Kier molecular flexibility index (Phi) is 4.68. The quantitative estimate of drug-likeness (QED) is 0.917. The van der Waals surface area contributed by atoms with E-state index in [0.717, 1.165) is 12.1 Å². The molecule has 2 aromatic carbocycles. The molecule has 0 amide bonds. The van der Waals surface area contributed by atoms with Crippen molar-refractivity contribution >= 4 is 21.4 Å². The predicted octanol–water partition coefficient (Wildman–Crippen LogP) is 2.60. The van der Waals surface area contributed by atoms with Gasteiger partial charge in [-0.3, -0.25) is 4.72 Å². The summed E-state index contributed by atoms with van der Waals surface area (Å²) >= 11 is 0. The van der Waals surface area contributed by atoms with Crippen molar-refractivity contribution in [2.75, 3.05) is 35.9 Å². The number of anilines is 2. The minimum atomic E-state index is -4.17. The molecule has 0 spiro atoms. The van der Waals surface area contributed by atoms with E-state index >= 15 is 0 Å². The third kappa shape index (κ3) is 3.49. The summed E-state index contributed by atoms with van der Waals surface area (Å²) in [6, 6.07) is 9.22. The molecule has 0 aliphatic carbocycles. The molecule has 0 saturated carbocycles. The van der Waals surface area contributed by atoms with Crippen LogP contribution in [0.4, 0.5) is 20.2 Å². The summed E-state index contributed by atoms with van der Waals surface area (Å²) in [4.78, 5) is 1.39. The molecular formula is C16H16F2N2O3S. The van der Waals surface area contributed by atoms with Gasteiger partial charge in [0.1, 0.15) is 16.5 Å². The smallest absolute Gasteiger partial charge is 0.264 e. The summed E-state index contributed by atoms with van der Waals surface area (Å²) in [5, 5.41) is 0. The molecular weight excluding hydrogens is 338 g/mol. The number of ether oxygens (including phenoxy) is 1. The number of nitrogens with one attached hydrogen (secondary N) is 1. The average Bonchev–Trinajstić information content (AvgIpc) is 2.55. The maximum Gasteiger partial charge on any atom is 0.264 e. The van der Waals surface area contributed by atoms with Crippen LogP contribution in [0.1, 0.15) is 0 Å². The lowest BCUT2D eigenvalue weighted by atomic mass is 10.2. The fourth-order valence-corrected chi connectivity index (χ4v) is 3.67. The number of nitrogens with zero attached hydrogens (tertiary/aromatic N) is 1. The second-order valence-corrected chi connectivity index (χ2v) is 6.95. The number of rotatable bonds is 4. The number of hydrogen-bond acceptors (Lipinski definition) is 4. The summed E-state index contributed by atoms with van der Waals surface area (Å²) in [5.74, 6) is -1.97. The van der Waals surface area contributed by atoms with Gasteiger partial charge in [-0.1, -0.05) is 12.1 Å². The Morgan fingerprint density at radius 2 is 1.75 bits per heavy atom.